The van der Waals surface area contributed by atoms with Crippen molar-refractivity contribution in [3.63, 3.8) is 0 Å². The van der Waals surface area contributed by atoms with E-state index in [0.717, 1.165) is 11.8 Å². The molecular formula is C19H19NO5S. The van der Waals surface area contributed by atoms with Gasteiger partial charge >= 0.3 is 5.97 Å². The lowest BCUT2D eigenvalue weighted by Gasteiger charge is -2.12. The third-order valence-electron chi connectivity index (χ3n) is 4.74. The summed E-state index contributed by atoms with van der Waals surface area (Å²) in [6.45, 7) is 1.73. The number of carbonyl (C=O) groups excluding carboxylic acids is 1. The zero-order valence-electron chi connectivity index (χ0n) is 14.4. The van der Waals surface area contributed by atoms with Crippen LogP contribution in [-0.4, -0.2) is 31.7 Å². The molecule has 0 unspecified atom stereocenters. The molecule has 0 heterocycles. The SMILES string of the molecule is Cc1ccc(S(C)(=O)=O)cc1C(=O)Nc1ccc(C2(C(=O)O)CC2)cc1. The van der Waals surface area contributed by atoms with E-state index in [2.05, 4.69) is 5.32 Å². The molecule has 1 aliphatic carbocycles. The molecule has 1 aliphatic rings. The Morgan fingerprint density at radius 2 is 1.69 bits per heavy atom. The van der Waals surface area contributed by atoms with Crippen LogP contribution in [0.15, 0.2) is 47.4 Å². The molecule has 2 aromatic carbocycles. The lowest BCUT2D eigenvalue weighted by molar-refractivity contribution is -0.140. The predicted octanol–water partition coefficient (Wildman–Crippen LogP) is 2.77. The van der Waals surface area contributed by atoms with Gasteiger partial charge in [0.05, 0.1) is 10.3 Å². The monoisotopic (exact) mass is 373 g/mol. The number of amides is 1. The van der Waals surface area contributed by atoms with Crippen molar-refractivity contribution in [2.24, 2.45) is 0 Å². The molecule has 6 nitrogen and oxygen atoms in total. The van der Waals surface area contributed by atoms with Crippen LogP contribution in [0.25, 0.3) is 0 Å². The van der Waals surface area contributed by atoms with Crippen molar-refractivity contribution >= 4 is 27.4 Å². The van der Waals surface area contributed by atoms with E-state index in [1.54, 1.807) is 37.3 Å². The summed E-state index contributed by atoms with van der Waals surface area (Å²) in [5, 5.41) is 12.0. The number of carboxylic acids is 1. The highest BCUT2D eigenvalue weighted by Gasteiger charge is 2.51. The van der Waals surface area contributed by atoms with Gasteiger partial charge in [-0.3, -0.25) is 9.59 Å². The van der Waals surface area contributed by atoms with Crippen molar-refractivity contribution in [1.29, 1.82) is 0 Å². The lowest BCUT2D eigenvalue weighted by atomic mass is 9.96. The van der Waals surface area contributed by atoms with Crippen molar-refractivity contribution < 1.29 is 23.1 Å². The Balaban J connectivity index is 1.82. The molecule has 7 heteroatoms. The summed E-state index contributed by atoms with van der Waals surface area (Å²) in [5.41, 5.74) is 1.39. The van der Waals surface area contributed by atoms with Crippen LogP contribution in [0.2, 0.25) is 0 Å². The van der Waals surface area contributed by atoms with Gasteiger partial charge in [0.15, 0.2) is 9.84 Å². The number of hydrogen-bond donors (Lipinski definition) is 2. The highest BCUT2D eigenvalue weighted by atomic mass is 32.2. The molecule has 0 aromatic heterocycles. The first-order valence-electron chi connectivity index (χ1n) is 8.09. The molecule has 2 aromatic rings. The molecule has 0 saturated heterocycles. The summed E-state index contributed by atoms with van der Waals surface area (Å²) in [6.07, 6.45) is 2.32. The van der Waals surface area contributed by atoms with Crippen molar-refractivity contribution in [2.45, 2.75) is 30.1 Å². The normalized spacial score (nSPS) is 15.3. The van der Waals surface area contributed by atoms with E-state index in [1.165, 1.54) is 12.1 Å². The quantitative estimate of drug-likeness (QED) is 0.839. The van der Waals surface area contributed by atoms with Gasteiger partial charge in [-0.2, -0.15) is 0 Å². The van der Waals surface area contributed by atoms with E-state index in [4.69, 9.17) is 0 Å². The van der Waals surface area contributed by atoms with Gasteiger partial charge in [0.25, 0.3) is 5.91 Å². The zero-order chi connectivity index (χ0) is 19.1. The second-order valence-corrected chi connectivity index (χ2v) is 8.68. The number of nitrogens with one attached hydrogen (secondary N) is 1. The maximum Gasteiger partial charge on any atom is 0.314 e. The first kappa shape index (κ1) is 18.1. The van der Waals surface area contributed by atoms with Crippen LogP contribution >= 0.6 is 0 Å². The zero-order valence-corrected chi connectivity index (χ0v) is 15.3. The number of carboxylic acid groups (broad SMARTS) is 1. The van der Waals surface area contributed by atoms with Gasteiger partial charge in [0.2, 0.25) is 0 Å². The number of hydrogen-bond acceptors (Lipinski definition) is 4. The minimum absolute atomic E-state index is 0.0840. The third-order valence-corrected chi connectivity index (χ3v) is 5.85. The average molecular weight is 373 g/mol. The van der Waals surface area contributed by atoms with Crippen molar-refractivity contribution in [1.82, 2.24) is 0 Å². The van der Waals surface area contributed by atoms with Crippen LogP contribution in [-0.2, 0) is 20.0 Å². The molecule has 0 radical (unpaired) electrons. The van der Waals surface area contributed by atoms with E-state index in [1.807, 2.05) is 0 Å². The third kappa shape index (κ3) is 3.35. The Kier molecular flexibility index (Phi) is 4.36. The van der Waals surface area contributed by atoms with Crippen LogP contribution < -0.4 is 5.32 Å². The fourth-order valence-electron chi connectivity index (χ4n) is 2.90. The standard InChI is InChI=1S/C19H19NO5S/c1-12-3-8-15(26(2,24)25)11-16(12)17(21)20-14-6-4-13(5-7-14)19(9-10-19)18(22)23/h3-8,11H,9-10H2,1-2H3,(H,20,21)(H,22,23). The number of benzene rings is 2. The molecule has 2 N–H and O–H groups in total. The smallest absolute Gasteiger partial charge is 0.314 e. The molecule has 1 amide bonds. The van der Waals surface area contributed by atoms with E-state index in [0.29, 0.717) is 24.1 Å². The Hall–Kier alpha value is -2.67. The van der Waals surface area contributed by atoms with E-state index < -0.39 is 27.1 Å². The predicted molar refractivity (Wildman–Crippen MR) is 97.2 cm³/mol. The fraction of sp³-hybridized carbons (Fsp3) is 0.263. The van der Waals surface area contributed by atoms with E-state index in [9.17, 15) is 23.1 Å². The van der Waals surface area contributed by atoms with Crippen molar-refractivity contribution in [3.05, 3.63) is 59.2 Å². The summed E-state index contributed by atoms with van der Waals surface area (Å²) in [7, 11) is -3.41. The molecule has 26 heavy (non-hydrogen) atoms. The molecule has 136 valence electrons. The maximum absolute atomic E-state index is 12.5. The first-order chi connectivity index (χ1) is 12.1. The van der Waals surface area contributed by atoms with Crippen LogP contribution in [0.5, 0.6) is 0 Å². The van der Waals surface area contributed by atoms with Gasteiger partial charge in [-0.15, -0.1) is 0 Å². The molecular weight excluding hydrogens is 354 g/mol. The van der Waals surface area contributed by atoms with Gasteiger partial charge in [-0.25, -0.2) is 8.42 Å². The second-order valence-electron chi connectivity index (χ2n) is 6.67. The van der Waals surface area contributed by atoms with Crippen LogP contribution in [0.1, 0.15) is 34.3 Å². The maximum atomic E-state index is 12.5. The number of carbonyl (C=O) groups is 2. The van der Waals surface area contributed by atoms with Gasteiger partial charge in [-0.05, 0) is 55.2 Å². The van der Waals surface area contributed by atoms with E-state index in [-0.39, 0.29) is 10.5 Å². The Morgan fingerprint density at radius 1 is 1.08 bits per heavy atom. The molecule has 0 atom stereocenters. The fourth-order valence-corrected chi connectivity index (χ4v) is 3.55. The average Bonchev–Trinajstić information content (AvgIpc) is 3.36. The largest absolute Gasteiger partial charge is 0.481 e. The Labute approximate surface area is 151 Å². The highest BCUT2D eigenvalue weighted by Crippen LogP contribution is 2.48. The van der Waals surface area contributed by atoms with E-state index >= 15 is 0 Å². The molecule has 1 saturated carbocycles. The van der Waals surface area contributed by atoms with Gasteiger partial charge in [-0.1, -0.05) is 18.2 Å². The number of anilines is 1. The summed E-state index contributed by atoms with van der Waals surface area (Å²) >= 11 is 0. The summed E-state index contributed by atoms with van der Waals surface area (Å²) < 4.78 is 23.4. The molecule has 0 aliphatic heterocycles. The number of sulfone groups is 1. The number of aryl methyl sites for hydroxylation is 1. The highest BCUT2D eigenvalue weighted by molar-refractivity contribution is 7.90. The minimum Gasteiger partial charge on any atom is -0.481 e. The summed E-state index contributed by atoms with van der Waals surface area (Å²) in [4.78, 5) is 24.0. The first-order valence-corrected chi connectivity index (χ1v) is 9.99. The second kappa shape index (κ2) is 6.25. The van der Waals surface area contributed by atoms with Crippen LogP contribution in [0.4, 0.5) is 5.69 Å². The summed E-state index contributed by atoms with van der Waals surface area (Å²) in [6, 6.07) is 11.2. The van der Waals surface area contributed by atoms with Crippen molar-refractivity contribution in [3.8, 4) is 0 Å². The Bertz CT molecular complexity index is 989. The number of aliphatic carboxylic acids is 1. The molecule has 3 rings (SSSR count). The molecule has 0 spiro atoms. The summed E-state index contributed by atoms with van der Waals surface area (Å²) in [5.74, 6) is -1.25. The van der Waals surface area contributed by atoms with Gasteiger partial charge in [0, 0.05) is 17.5 Å². The van der Waals surface area contributed by atoms with Crippen LogP contribution in [0.3, 0.4) is 0 Å². The minimum atomic E-state index is -3.41. The lowest BCUT2D eigenvalue weighted by Crippen LogP contribution is -2.19. The number of rotatable bonds is 5. The molecule has 0 bridgehead atoms. The molecule has 1 fully saturated rings. The topological polar surface area (TPSA) is 101 Å². The van der Waals surface area contributed by atoms with Gasteiger partial charge < -0.3 is 10.4 Å². The van der Waals surface area contributed by atoms with Crippen LogP contribution in [0, 0.1) is 6.92 Å². The van der Waals surface area contributed by atoms with Gasteiger partial charge in [0.1, 0.15) is 0 Å². The van der Waals surface area contributed by atoms with Crippen molar-refractivity contribution in [2.75, 3.05) is 11.6 Å². The Morgan fingerprint density at radius 3 is 2.19 bits per heavy atom.